The minimum absolute atomic E-state index is 0.0854. The van der Waals surface area contributed by atoms with Crippen LogP contribution in [0.15, 0.2) is 23.2 Å². The molecule has 1 aromatic rings. The van der Waals surface area contributed by atoms with Gasteiger partial charge in [-0.3, -0.25) is 0 Å². The lowest BCUT2D eigenvalue weighted by molar-refractivity contribution is -0.389. The Bertz CT molecular complexity index is 388. The van der Waals surface area contributed by atoms with Crippen LogP contribution in [-0.4, -0.2) is 40.2 Å². The highest BCUT2D eigenvalue weighted by Crippen LogP contribution is 2.30. The van der Waals surface area contributed by atoms with Crippen LogP contribution in [0.4, 0.5) is 5.82 Å². The maximum atomic E-state index is 10.5. The number of rotatable bonds is 3. The van der Waals surface area contributed by atoms with Crippen molar-refractivity contribution >= 4 is 17.6 Å². The van der Waals surface area contributed by atoms with E-state index in [9.17, 15) is 10.1 Å². The Hall–Kier alpha value is -1.14. The molecule has 2 heterocycles. The molecule has 1 aliphatic rings. The predicted octanol–water partition coefficient (Wildman–Crippen LogP) is 2.18. The standard InChI is InChI=1S/C11H15N3O2S/c1-13-6-4-9(5-7-13)17-10-2-3-11(12-8-10)14(15)16/h2-3,8-9H,4-7H2,1H3. The number of likely N-dealkylation sites (tertiary alicyclic amines) is 1. The minimum atomic E-state index is -0.468. The topological polar surface area (TPSA) is 59.3 Å². The lowest BCUT2D eigenvalue weighted by Crippen LogP contribution is -2.31. The monoisotopic (exact) mass is 253 g/mol. The van der Waals surface area contributed by atoms with Gasteiger partial charge in [-0.25, -0.2) is 0 Å². The summed E-state index contributed by atoms with van der Waals surface area (Å²) < 4.78 is 0. The van der Waals surface area contributed by atoms with E-state index in [0.29, 0.717) is 5.25 Å². The van der Waals surface area contributed by atoms with E-state index in [4.69, 9.17) is 0 Å². The van der Waals surface area contributed by atoms with Gasteiger partial charge in [0, 0.05) is 11.3 Å². The first-order chi connectivity index (χ1) is 8.15. The van der Waals surface area contributed by atoms with Crippen LogP contribution in [0.2, 0.25) is 0 Å². The summed E-state index contributed by atoms with van der Waals surface area (Å²) >= 11 is 1.78. The van der Waals surface area contributed by atoms with Crippen molar-refractivity contribution in [1.29, 1.82) is 0 Å². The third-order valence-electron chi connectivity index (χ3n) is 2.88. The summed E-state index contributed by atoms with van der Waals surface area (Å²) in [6.07, 6.45) is 3.93. The van der Waals surface area contributed by atoms with Crippen LogP contribution in [0, 0.1) is 10.1 Å². The van der Waals surface area contributed by atoms with Crippen molar-refractivity contribution in [2.45, 2.75) is 23.0 Å². The molecule has 0 saturated carbocycles. The second-order valence-electron chi connectivity index (χ2n) is 4.23. The SMILES string of the molecule is CN1CCC(Sc2ccc([N+](=O)[O-])nc2)CC1. The average Bonchev–Trinajstić information content (AvgIpc) is 2.33. The van der Waals surface area contributed by atoms with Gasteiger partial charge < -0.3 is 15.0 Å². The number of pyridine rings is 1. The molecule has 6 heteroatoms. The van der Waals surface area contributed by atoms with Crippen molar-refractivity contribution in [1.82, 2.24) is 9.88 Å². The average molecular weight is 253 g/mol. The summed E-state index contributed by atoms with van der Waals surface area (Å²) in [6, 6.07) is 3.26. The molecule has 92 valence electrons. The van der Waals surface area contributed by atoms with E-state index in [2.05, 4.69) is 16.9 Å². The van der Waals surface area contributed by atoms with Crippen LogP contribution in [0.25, 0.3) is 0 Å². The zero-order valence-corrected chi connectivity index (χ0v) is 10.5. The fourth-order valence-corrected chi connectivity index (χ4v) is 2.94. The summed E-state index contributed by atoms with van der Waals surface area (Å²) in [6.45, 7) is 2.25. The molecule has 0 aromatic carbocycles. The third-order valence-corrected chi connectivity index (χ3v) is 4.19. The van der Waals surface area contributed by atoms with Crippen molar-refractivity contribution in [2.75, 3.05) is 20.1 Å². The van der Waals surface area contributed by atoms with Gasteiger partial charge in [-0.15, -0.1) is 11.8 Å². The summed E-state index contributed by atoms with van der Waals surface area (Å²) in [4.78, 5) is 17.2. The fraction of sp³-hybridized carbons (Fsp3) is 0.545. The molecule has 0 unspecified atom stereocenters. The Morgan fingerprint density at radius 3 is 2.71 bits per heavy atom. The quantitative estimate of drug-likeness (QED) is 0.610. The molecule has 0 aliphatic carbocycles. The van der Waals surface area contributed by atoms with Crippen LogP contribution in [0.3, 0.4) is 0 Å². The molecular formula is C11H15N3O2S. The molecule has 0 amide bonds. The highest BCUT2D eigenvalue weighted by molar-refractivity contribution is 8.00. The first-order valence-corrected chi connectivity index (χ1v) is 6.49. The van der Waals surface area contributed by atoms with E-state index in [0.717, 1.165) is 30.8 Å². The Morgan fingerprint density at radius 1 is 1.47 bits per heavy atom. The number of nitrogens with zero attached hydrogens (tertiary/aromatic N) is 3. The molecule has 1 aromatic heterocycles. The first-order valence-electron chi connectivity index (χ1n) is 5.61. The summed E-state index contributed by atoms with van der Waals surface area (Å²) in [7, 11) is 2.13. The van der Waals surface area contributed by atoms with Crippen LogP contribution in [-0.2, 0) is 0 Å². The van der Waals surface area contributed by atoms with Crippen molar-refractivity contribution in [2.24, 2.45) is 0 Å². The molecule has 1 fully saturated rings. The predicted molar refractivity (Wildman–Crippen MR) is 67.3 cm³/mol. The van der Waals surface area contributed by atoms with E-state index in [1.54, 1.807) is 24.0 Å². The number of aromatic nitrogens is 1. The van der Waals surface area contributed by atoms with E-state index in [-0.39, 0.29) is 5.82 Å². The van der Waals surface area contributed by atoms with E-state index < -0.39 is 4.92 Å². The molecule has 1 aliphatic heterocycles. The molecule has 0 radical (unpaired) electrons. The second-order valence-corrected chi connectivity index (χ2v) is 5.60. The summed E-state index contributed by atoms with van der Waals surface area (Å²) in [5.41, 5.74) is 0. The first kappa shape index (κ1) is 12.3. The van der Waals surface area contributed by atoms with Gasteiger partial charge in [0.05, 0.1) is 4.90 Å². The van der Waals surface area contributed by atoms with Crippen LogP contribution >= 0.6 is 11.8 Å². The molecule has 17 heavy (non-hydrogen) atoms. The molecule has 0 N–H and O–H groups in total. The molecule has 2 rings (SSSR count). The lowest BCUT2D eigenvalue weighted by atomic mass is 10.1. The van der Waals surface area contributed by atoms with Crippen LogP contribution in [0.1, 0.15) is 12.8 Å². The summed E-state index contributed by atoms with van der Waals surface area (Å²) in [5, 5.41) is 11.1. The van der Waals surface area contributed by atoms with Gasteiger partial charge in [-0.05, 0) is 49.0 Å². The van der Waals surface area contributed by atoms with Gasteiger partial charge in [0.15, 0.2) is 6.20 Å². The third kappa shape index (κ3) is 3.41. The minimum Gasteiger partial charge on any atom is -0.358 e. The van der Waals surface area contributed by atoms with Gasteiger partial charge in [-0.2, -0.15) is 0 Å². The van der Waals surface area contributed by atoms with Crippen LogP contribution in [0.5, 0.6) is 0 Å². The van der Waals surface area contributed by atoms with E-state index >= 15 is 0 Å². The molecule has 0 spiro atoms. The van der Waals surface area contributed by atoms with Crippen molar-refractivity contribution in [3.8, 4) is 0 Å². The Kier molecular flexibility index (Phi) is 3.96. The van der Waals surface area contributed by atoms with Gasteiger partial charge in [0.25, 0.3) is 0 Å². The number of piperidine rings is 1. The Morgan fingerprint density at radius 2 is 2.18 bits per heavy atom. The smallest absolute Gasteiger partial charge is 0.358 e. The van der Waals surface area contributed by atoms with E-state index in [1.807, 2.05) is 0 Å². The number of nitro groups is 1. The number of hydrogen-bond donors (Lipinski definition) is 0. The maximum Gasteiger partial charge on any atom is 0.363 e. The van der Waals surface area contributed by atoms with Gasteiger partial charge in [0.2, 0.25) is 0 Å². The highest BCUT2D eigenvalue weighted by atomic mass is 32.2. The zero-order chi connectivity index (χ0) is 12.3. The maximum absolute atomic E-state index is 10.5. The molecule has 0 bridgehead atoms. The van der Waals surface area contributed by atoms with Crippen LogP contribution < -0.4 is 0 Å². The molecular weight excluding hydrogens is 238 g/mol. The lowest BCUT2D eigenvalue weighted by Gasteiger charge is -2.28. The largest absolute Gasteiger partial charge is 0.363 e. The second kappa shape index (κ2) is 5.46. The summed E-state index contributed by atoms with van der Waals surface area (Å²) in [5.74, 6) is -0.0854. The van der Waals surface area contributed by atoms with Crippen molar-refractivity contribution < 1.29 is 4.92 Å². The normalized spacial score (nSPS) is 18.2. The molecule has 0 atom stereocenters. The van der Waals surface area contributed by atoms with Gasteiger partial charge in [-0.1, -0.05) is 0 Å². The Labute approximate surface area is 104 Å². The number of thioether (sulfide) groups is 1. The molecule has 5 nitrogen and oxygen atoms in total. The van der Waals surface area contributed by atoms with Crippen molar-refractivity contribution in [3.63, 3.8) is 0 Å². The van der Waals surface area contributed by atoms with E-state index in [1.165, 1.54) is 6.07 Å². The highest BCUT2D eigenvalue weighted by Gasteiger charge is 2.18. The Balaban J connectivity index is 1.92. The van der Waals surface area contributed by atoms with Gasteiger partial charge >= 0.3 is 5.82 Å². The molecule has 1 saturated heterocycles. The fourth-order valence-electron chi connectivity index (χ4n) is 1.85. The number of hydrogen-bond acceptors (Lipinski definition) is 5. The zero-order valence-electron chi connectivity index (χ0n) is 9.70. The van der Waals surface area contributed by atoms with Gasteiger partial charge in [0.1, 0.15) is 0 Å². The van der Waals surface area contributed by atoms with Crippen molar-refractivity contribution in [3.05, 3.63) is 28.4 Å².